The molecule has 0 aliphatic heterocycles. The molecule has 2 heterocycles. The van der Waals surface area contributed by atoms with Crippen LogP contribution >= 0.6 is 11.3 Å². The standard InChI is InChI=1S/C22H20N4OS/c1-26-15-14-23-21(26)20-19(17-10-6-3-7-11-17)25-22(28-20)24-18(27)13-12-16-8-4-2-5-9-16/h2-11,14-15H,12-13H2,1H3,(H,24,25,27). The summed E-state index contributed by atoms with van der Waals surface area (Å²) in [4.78, 5) is 22.5. The molecular formula is C22H20N4OS. The molecule has 0 unspecified atom stereocenters. The Kier molecular flexibility index (Phi) is 5.30. The summed E-state index contributed by atoms with van der Waals surface area (Å²) >= 11 is 1.45. The van der Waals surface area contributed by atoms with Crippen molar-refractivity contribution in [2.75, 3.05) is 5.32 Å². The lowest BCUT2D eigenvalue weighted by atomic mass is 10.1. The van der Waals surface area contributed by atoms with Gasteiger partial charge in [-0.05, 0) is 12.0 Å². The van der Waals surface area contributed by atoms with Crippen LogP contribution in [0.25, 0.3) is 22.0 Å². The number of aromatic nitrogens is 3. The minimum Gasteiger partial charge on any atom is -0.333 e. The number of rotatable bonds is 6. The summed E-state index contributed by atoms with van der Waals surface area (Å²) in [6.45, 7) is 0. The number of hydrogen-bond acceptors (Lipinski definition) is 4. The van der Waals surface area contributed by atoms with Gasteiger partial charge in [-0.25, -0.2) is 9.97 Å². The summed E-state index contributed by atoms with van der Waals surface area (Å²) < 4.78 is 1.96. The topological polar surface area (TPSA) is 59.8 Å². The van der Waals surface area contributed by atoms with Crippen molar-refractivity contribution in [3.05, 3.63) is 78.6 Å². The molecule has 0 spiro atoms. The fourth-order valence-corrected chi connectivity index (χ4v) is 4.03. The van der Waals surface area contributed by atoms with Gasteiger partial charge in [-0.1, -0.05) is 72.0 Å². The minimum absolute atomic E-state index is 0.0383. The lowest BCUT2D eigenvalue weighted by Gasteiger charge is -2.02. The summed E-state index contributed by atoms with van der Waals surface area (Å²) in [5.74, 6) is 0.796. The predicted octanol–water partition coefficient (Wildman–Crippen LogP) is 4.78. The van der Waals surface area contributed by atoms with Gasteiger partial charge in [0.15, 0.2) is 11.0 Å². The molecule has 2 aromatic carbocycles. The molecule has 140 valence electrons. The Bertz CT molecular complexity index is 1070. The molecule has 2 aromatic heterocycles. The van der Waals surface area contributed by atoms with Gasteiger partial charge < -0.3 is 9.88 Å². The smallest absolute Gasteiger partial charge is 0.226 e. The van der Waals surface area contributed by atoms with E-state index in [0.717, 1.165) is 27.5 Å². The molecular weight excluding hydrogens is 368 g/mol. The number of benzene rings is 2. The van der Waals surface area contributed by atoms with Gasteiger partial charge >= 0.3 is 0 Å². The van der Waals surface area contributed by atoms with Crippen LogP contribution in [0.4, 0.5) is 5.13 Å². The third-order valence-electron chi connectivity index (χ3n) is 4.43. The average Bonchev–Trinajstić information content (AvgIpc) is 3.33. The Morgan fingerprint density at radius 2 is 1.79 bits per heavy atom. The van der Waals surface area contributed by atoms with E-state index in [0.29, 0.717) is 18.0 Å². The molecule has 28 heavy (non-hydrogen) atoms. The van der Waals surface area contributed by atoms with E-state index < -0.39 is 0 Å². The van der Waals surface area contributed by atoms with Crippen LogP contribution in [0.2, 0.25) is 0 Å². The summed E-state index contributed by atoms with van der Waals surface area (Å²) in [6.07, 6.45) is 4.79. The maximum absolute atomic E-state index is 12.4. The molecule has 0 saturated heterocycles. The molecule has 4 rings (SSSR count). The number of aryl methyl sites for hydroxylation is 2. The molecule has 4 aromatic rings. The van der Waals surface area contributed by atoms with Crippen LogP contribution in [0.1, 0.15) is 12.0 Å². The highest BCUT2D eigenvalue weighted by atomic mass is 32.1. The Hall–Kier alpha value is -3.25. The number of nitrogens with one attached hydrogen (secondary N) is 1. The Morgan fingerprint density at radius 1 is 1.07 bits per heavy atom. The van der Waals surface area contributed by atoms with Gasteiger partial charge in [-0.2, -0.15) is 0 Å². The molecule has 5 nitrogen and oxygen atoms in total. The normalized spacial score (nSPS) is 10.8. The SMILES string of the molecule is Cn1ccnc1-c1sc(NC(=O)CCc2ccccc2)nc1-c1ccccc1. The fraction of sp³-hybridized carbons (Fsp3) is 0.136. The molecule has 0 bridgehead atoms. The van der Waals surface area contributed by atoms with Crippen LogP contribution in [0.5, 0.6) is 0 Å². The first-order valence-electron chi connectivity index (χ1n) is 9.08. The summed E-state index contributed by atoms with van der Waals surface area (Å²) in [6, 6.07) is 20.0. The molecule has 0 aliphatic carbocycles. The van der Waals surface area contributed by atoms with Crippen molar-refractivity contribution in [2.24, 2.45) is 7.05 Å². The Morgan fingerprint density at radius 3 is 2.46 bits per heavy atom. The van der Waals surface area contributed by atoms with Crippen molar-refractivity contribution < 1.29 is 4.79 Å². The van der Waals surface area contributed by atoms with Gasteiger partial charge in [0.25, 0.3) is 0 Å². The number of nitrogens with zero attached hydrogens (tertiary/aromatic N) is 3. The Balaban J connectivity index is 1.57. The summed E-state index contributed by atoms with van der Waals surface area (Å²) in [5.41, 5.74) is 2.98. The van der Waals surface area contributed by atoms with E-state index in [1.54, 1.807) is 6.20 Å². The van der Waals surface area contributed by atoms with Crippen LogP contribution in [-0.4, -0.2) is 20.4 Å². The molecule has 0 aliphatic rings. The first-order valence-corrected chi connectivity index (χ1v) is 9.90. The van der Waals surface area contributed by atoms with E-state index in [4.69, 9.17) is 4.98 Å². The summed E-state index contributed by atoms with van der Waals surface area (Å²) in [5, 5.41) is 3.55. The van der Waals surface area contributed by atoms with Crippen molar-refractivity contribution >= 4 is 22.4 Å². The van der Waals surface area contributed by atoms with Crippen LogP contribution in [0, 0.1) is 0 Å². The molecule has 0 saturated carbocycles. The van der Waals surface area contributed by atoms with Gasteiger partial charge in [0, 0.05) is 31.4 Å². The zero-order chi connectivity index (χ0) is 19.3. The fourth-order valence-electron chi connectivity index (χ4n) is 2.99. The van der Waals surface area contributed by atoms with Gasteiger partial charge in [0.1, 0.15) is 0 Å². The van der Waals surface area contributed by atoms with Gasteiger partial charge in [-0.3, -0.25) is 4.79 Å². The monoisotopic (exact) mass is 388 g/mol. The highest BCUT2D eigenvalue weighted by Crippen LogP contribution is 2.38. The highest BCUT2D eigenvalue weighted by molar-refractivity contribution is 7.19. The number of carbonyl (C=O) groups is 1. The second kappa shape index (κ2) is 8.19. The molecule has 0 fully saturated rings. The molecule has 6 heteroatoms. The number of amides is 1. The molecule has 0 atom stereocenters. The first-order chi connectivity index (χ1) is 13.7. The number of hydrogen-bond donors (Lipinski definition) is 1. The van der Waals surface area contributed by atoms with E-state index in [2.05, 4.69) is 10.3 Å². The third kappa shape index (κ3) is 4.02. The second-order valence-corrected chi connectivity index (χ2v) is 7.46. The van der Waals surface area contributed by atoms with Crippen molar-refractivity contribution in [2.45, 2.75) is 12.8 Å². The number of thiazole rings is 1. The zero-order valence-electron chi connectivity index (χ0n) is 15.5. The van der Waals surface area contributed by atoms with Crippen molar-refractivity contribution in [1.29, 1.82) is 0 Å². The zero-order valence-corrected chi connectivity index (χ0v) is 16.3. The Labute approximate surface area is 167 Å². The van der Waals surface area contributed by atoms with Crippen molar-refractivity contribution in [1.82, 2.24) is 14.5 Å². The predicted molar refractivity (Wildman–Crippen MR) is 113 cm³/mol. The first kappa shape index (κ1) is 18.1. The maximum Gasteiger partial charge on any atom is 0.226 e. The quantitative estimate of drug-likeness (QED) is 0.517. The van der Waals surface area contributed by atoms with Crippen molar-refractivity contribution in [3.63, 3.8) is 0 Å². The van der Waals surface area contributed by atoms with Crippen LogP contribution in [0.3, 0.4) is 0 Å². The van der Waals surface area contributed by atoms with Gasteiger partial charge in [-0.15, -0.1) is 0 Å². The lowest BCUT2D eigenvalue weighted by molar-refractivity contribution is -0.116. The second-order valence-electron chi connectivity index (χ2n) is 6.46. The molecule has 1 amide bonds. The lowest BCUT2D eigenvalue weighted by Crippen LogP contribution is -2.12. The van der Waals surface area contributed by atoms with E-state index in [-0.39, 0.29) is 5.91 Å². The largest absolute Gasteiger partial charge is 0.333 e. The summed E-state index contributed by atoms with van der Waals surface area (Å²) in [7, 11) is 1.95. The average molecular weight is 388 g/mol. The minimum atomic E-state index is -0.0383. The van der Waals surface area contributed by atoms with E-state index in [1.165, 1.54) is 11.3 Å². The highest BCUT2D eigenvalue weighted by Gasteiger charge is 2.19. The van der Waals surface area contributed by atoms with Crippen LogP contribution < -0.4 is 5.32 Å². The van der Waals surface area contributed by atoms with E-state index >= 15 is 0 Å². The van der Waals surface area contributed by atoms with Crippen LogP contribution in [-0.2, 0) is 18.3 Å². The number of imidazole rings is 1. The van der Waals surface area contributed by atoms with E-state index in [9.17, 15) is 4.79 Å². The maximum atomic E-state index is 12.4. The van der Waals surface area contributed by atoms with Gasteiger partial charge in [0.2, 0.25) is 5.91 Å². The molecule has 1 N–H and O–H groups in total. The number of carbonyl (C=O) groups excluding carboxylic acids is 1. The molecule has 0 radical (unpaired) electrons. The van der Waals surface area contributed by atoms with E-state index in [1.807, 2.05) is 78.5 Å². The van der Waals surface area contributed by atoms with Crippen molar-refractivity contribution in [3.8, 4) is 22.0 Å². The van der Waals surface area contributed by atoms with Crippen LogP contribution in [0.15, 0.2) is 73.1 Å². The third-order valence-corrected chi connectivity index (χ3v) is 5.40. The van der Waals surface area contributed by atoms with Gasteiger partial charge in [0.05, 0.1) is 10.6 Å². The number of anilines is 1.